The van der Waals surface area contributed by atoms with E-state index in [2.05, 4.69) is 5.32 Å². The Morgan fingerprint density at radius 2 is 1.63 bits per heavy atom. The smallest absolute Gasteiger partial charge is 0.278 e. The molecule has 7 nitrogen and oxygen atoms in total. The van der Waals surface area contributed by atoms with E-state index in [9.17, 15) is 18.4 Å². The van der Waals surface area contributed by atoms with Crippen LogP contribution in [0.25, 0.3) is 5.57 Å². The van der Waals surface area contributed by atoms with Crippen molar-refractivity contribution in [2.24, 2.45) is 0 Å². The third-order valence-electron chi connectivity index (χ3n) is 4.55. The van der Waals surface area contributed by atoms with Crippen molar-refractivity contribution in [3.05, 3.63) is 59.3 Å². The number of imide groups is 1. The Kier molecular flexibility index (Phi) is 6.31. The van der Waals surface area contributed by atoms with E-state index in [0.717, 1.165) is 17.0 Å². The van der Waals surface area contributed by atoms with Crippen LogP contribution in [0.1, 0.15) is 5.56 Å². The highest BCUT2D eigenvalue weighted by atomic mass is 19.2. The minimum absolute atomic E-state index is 0.0356. The van der Waals surface area contributed by atoms with Gasteiger partial charge in [0.25, 0.3) is 11.8 Å². The molecule has 0 radical (unpaired) electrons. The number of nitrogens with zero attached hydrogens (tertiary/aromatic N) is 1. The molecule has 158 valence electrons. The Hall–Kier alpha value is -3.46. The summed E-state index contributed by atoms with van der Waals surface area (Å²) in [6.07, 6.45) is 0. The summed E-state index contributed by atoms with van der Waals surface area (Å²) in [4.78, 5) is 27.0. The lowest BCUT2D eigenvalue weighted by atomic mass is 10.0. The van der Waals surface area contributed by atoms with E-state index in [4.69, 9.17) is 14.2 Å². The van der Waals surface area contributed by atoms with Gasteiger partial charge in [-0.15, -0.1) is 0 Å². The van der Waals surface area contributed by atoms with Gasteiger partial charge in [0, 0.05) is 18.9 Å². The predicted octanol–water partition coefficient (Wildman–Crippen LogP) is 2.82. The van der Waals surface area contributed by atoms with E-state index in [0.29, 0.717) is 17.1 Å². The third-order valence-corrected chi connectivity index (χ3v) is 4.55. The fourth-order valence-corrected chi connectivity index (χ4v) is 3.06. The van der Waals surface area contributed by atoms with Crippen LogP contribution in [0.3, 0.4) is 0 Å². The van der Waals surface area contributed by atoms with E-state index in [-0.39, 0.29) is 30.1 Å². The first kappa shape index (κ1) is 21.3. The molecule has 0 bridgehead atoms. The molecule has 0 saturated carbocycles. The van der Waals surface area contributed by atoms with Crippen molar-refractivity contribution in [1.29, 1.82) is 0 Å². The first-order valence-electron chi connectivity index (χ1n) is 8.95. The van der Waals surface area contributed by atoms with Gasteiger partial charge in [0.1, 0.15) is 5.70 Å². The van der Waals surface area contributed by atoms with Crippen LogP contribution in [0.5, 0.6) is 11.5 Å². The Morgan fingerprint density at radius 3 is 2.27 bits per heavy atom. The van der Waals surface area contributed by atoms with Gasteiger partial charge in [-0.25, -0.2) is 8.78 Å². The Labute approximate surface area is 171 Å². The molecule has 0 saturated heterocycles. The minimum atomic E-state index is -1.08. The summed E-state index contributed by atoms with van der Waals surface area (Å²) >= 11 is 0. The van der Waals surface area contributed by atoms with Gasteiger partial charge in [0.2, 0.25) is 0 Å². The molecule has 3 rings (SSSR count). The predicted molar refractivity (Wildman–Crippen MR) is 105 cm³/mol. The normalized spacial score (nSPS) is 13.8. The molecule has 0 aliphatic carbocycles. The maximum absolute atomic E-state index is 13.6. The molecular formula is C21H20F2N2O5. The van der Waals surface area contributed by atoms with Crippen LogP contribution < -0.4 is 14.8 Å². The molecule has 1 aliphatic rings. The quantitative estimate of drug-likeness (QED) is 0.665. The van der Waals surface area contributed by atoms with Crippen LogP contribution >= 0.6 is 0 Å². The first-order chi connectivity index (χ1) is 14.4. The first-order valence-corrected chi connectivity index (χ1v) is 8.95. The lowest BCUT2D eigenvalue weighted by Crippen LogP contribution is -2.35. The van der Waals surface area contributed by atoms with Crippen LogP contribution in [-0.4, -0.2) is 51.2 Å². The number of rotatable bonds is 8. The summed E-state index contributed by atoms with van der Waals surface area (Å²) in [5.74, 6) is -2.44. The van der Waals surface area contributed by atoms with Gasteiger partial charge in [-0.1, -0.05) is 6.07 Å². The molecular weight excluding hydrogens is 398 g/mol. The zero-order chi connectivity index (χ0) is 21.8. The molecule has 2 amide bonds. The number of hydrogen-bond acceptors (Lipinski definition) is 6. The Balaban J connectivity index is 2.09. The third kappa shape index (κ3) is 3.97. The summed E-state index contributed by atoms with van der Waals surface area (Å²) in [6.45, 7) is 0.184. The van der Waals surface area contributed by atoms with Crippen molar-refractivity contribution in [3.8, 4) is 11.5 Å². The van der Waals surface area contributed by atoms with Crippen LogP contribution in [0.4, 0.5) is 14.5 Å². The number of halogens is 2. The topological polar surface area (TPSA) is 77.1 Å². The molecule has 1 heterocycles. The average Bonchev–Trinajstić information content (AvgIpc) is 2.97. The van der Waals surface area contributed by atoms with Crippen molar-refractivity contribution in [2.75, 3.05) is 39.8 Å². The van der Waals surface area contributed by atoms with Crippen LogP contribution in [0.15, 0.2) is 42.1 Å². The Bertz CT molecular complexity index is 1020. The molecule has 1 aliphatic heterocycles. The van der Waals surface area contributed by atoms with Crippen molar-refractivity contribution in [1.82, 2.24) is 4.90 Å². The molecule has 9 heteroatoms. The number of carbonyl (C=O) groups is 2. The number of nitrogens with one attached hydrogen (secondary N) is 1. The Morgan fingerprint density at radius 1 is 0.900 bits per heavy atom. The molecule has 2 aromatic rings. The lowest BCUT2D eigenvalue weighted by Gasteiger charge is -2.14. The van der Waals surface area contributed by atoms with E-state index in [1.54, 1.807) is 18.2 Å². The van der Waals surface area contributed by atoms with Crippen molar-refractivity contribution in [2.45, 2.75) is 0 Å². The molecule has 0 spiro atoms. The highest BCUT2D eigenvalue weighted by molar-refractivity contribution is 6.36. The minimum Gasteiger partial charge on any atom is -0.493 e. The van der Waals surface area contributed by atoms with Gasteiger partial charge in [-0.2, -0.15) is 0 Å². The zero-order valence-electron chi connectivity index (χ0n) is 16.6. The molecule has 2 aromatic carbocycles. The number of carbonyl (C=O) groups excluding carboxylic acids is 2. The van der Waals surface area contributed by atoms with Gasteiger partial charge < -0.3 is 19.5 Å². The van der Waals surface area contributed by atoms with Gasteiger partial charge in [-0.3, -0.25) is 14.5 Å². The van der Waals surface area contributed by atoms with Gasteiger partial charge in [0.15, 0.2) is 23.1 Å². The fraction of sp³-hybridized carbons (Fsp3) is 0.238. The van der Waals surface area contributed by atoms with Gasteiger partial charge in [-0.05, 0) is 29.8 Å². The van der Waals surface area contributed by atoms with Crippen LogP contribution in [-0.2, 0) is 14.3 Å². The monoisotopic (exact) mass is 418 g/mol. The highest BCUT2D eigenvalue weighted by Crippen LogP contribution is 2.35. The summed E-state index contributed by atoms with van der Waals surface area (Å²) in [5.41, 5.74) is 0.531. The van der Waals surface area contributed by atoms with Gasteiger partial charge in [0.05, 0.1) is 32.9 Å². The number of benzene rings is 2. The standard InChI is InChI=1S/C21H20F2N2O5/c1-28-9-8-25-20(26)18(12-4-7-16(29-2)17(10-12)30-3)19(21(25)27)24-13-5-6-14(22)15(23)11-13/h4-7,10-11,24H,8-9H2,1-3H3. The second-order valence-electron chi connectivity index (χ2n) is 6.33. The van der Waals surface area contributed by atoms with Crippen molar-refractivity contribution >= 4 is 23.1 Å². The largest absolute Gasteiger partial charge is 0.493 e. The molecule has 0 aromatic heterocycles. The zero-order valence-corrected chi connectivity index (χ0v) is 16.6. The second-order valence-corrected chi connectivity index (χ2v) is 6.33. The second kappa shape index (κ2) is 8.91. The summed E-state index contributed by atoms with van der Waals surface area (Å²) < 4.78 is 42.4. The molecule has 30 heavy (non-hydrogen) atoms. The fourth-order valence-electron chi connectivity index (χ4n) is 3.06. The SMILES string of the molecule is COCCN1C(=O)C(Nc2ccc(F)c(F)c2)=C(c2ccc(OC)c(OC)c2)C1=O. The number of amides is 2. The van der Waals surface area contributed by atoms with Crippen LogP contribution in [0, 0.1) is 11.6 Å². The van der Waals surface area contributed by atoms with Gasteiger partial charge >= 0.3 is 0 Å². The lowest BCUT2D eigenvalue weighted by molar-refractivity contribution is -0.137. The van der Waals surface area contributed by atoms with Crippen molar-refractivity contribution in [3.63, 3.8) is 0 Å². The number of ether oxygens (including phenoxy) is 3. The molecule has 0 atom stereocenters. The van der Waals surface area contributed by atoms with E-state index in [1.165, 1.54) is 27.4 Å². The summed E-state index contributed by atoms with van der Waals surface area (Å²) in [7, 11) is 4.38. The maximum Gasteiger partial charge on any atom is 0.278 e. The summed E-state index contributed by atoms with van der Waals surface area (Å²) in [6, 6.07) is 7.88. The van der Waals surface area contributed by atoms with Crippen LogP contribution in [0.2, 0.25) is 0 Å². The average molecular weight is 418 g/mol. The number of methoxy groups -OCH3 is 3. The highest BCUT2D eigenvalue weighted by Gasteiger charge is 2.39. The number of anilines is 1. The van der Waals surface area contributed by atoms with E-state index >= 15 is 0 Å². The maximum atomic E-state index is 13.6. The number of hydrogen-bond donors (Lipinski definition) is 1. The molecule has 1 N–H and O–H groups in total. The molecule has 0 fully saturated rings. The van der Waals surface area contributed by atoms with E-state index in [1.807, 2.05) is 0 Å². The molecule has 0 unspecified atom stereocenters. The van der Waals surface area contributed by atoms with Crippen molar-refractivity contribution < 1.29 is 32.6 Å². The summed E-state index contributed by atoms with van der Waals surface area (Å²) in [5, 5.41) is 2.76. The van der Waals surface area contributed by atoms with E-state index < -0.39 is 23.4 Å².